The Kier molecular flexibility index (Phi) is 4.82. The fraction of sp³-hybridized carbons (Fsp3) is 0.125. The number of benzene rings is 2. The van der Waals surface area contributed by atoms with Crippen molar-refractivity contribution >= 4 is 29.1 Å². The number of nitro groups is 1. The number of nitrogens with zero attached hydrogens (tertiary/aromatic N) is 3. The second-order valence-electron chi connectivity index (χ2n) is 4.96. The largest absolute Gasteiger partial charge is 0.411 e. The van der Waals surface area contributed by atoms with Crippen LogP contribution in [0.1, 0.15) is 17.7 Å². The second-order valence-corrected chi connectivity index (χ2v) is 6.66. The zero-order valence-corrected chi connectivity index (χ0v) is 14.1. The fourth-order valence-corrected chi connectivity index (χ4v) is 3.36. The van der Waals surface area contributed by atoms with Crippen LogP contribution in [0.15, 0.2) is 58.2 Å². The van der Waals surface area contributed by atoms with Crippen molar-refractivity contribution in [3.63, 3.8) is 0 Å². The van der Waals surface area contributed by atoms with E-state index in [9.17, 15) is 10.1 Å². The Balaban J connectivity index is 1.80. The number of hydrogen-bond donors (Lipinski definition) is 0. The van der Waals surface area contributed by atoms with Gasteiger partial charge in [-0.1, -0.05) is 47.6 Å². The van der Waals surface area contributed by atoms with Crippen LogP contribution in [0.5, 0.6) is 0 Å². The molecular weight excluding hydrogens is 350 g/mol. The lowest BCUT2D eigenvalue weighted by atomic mass is 10.2. The maximum atomic E-state index is 10.8. The molecule has 0 aliphatic carbocycles. The number of halogens is 1. The molecule has 3 aromatic rings. The van der Waals surface area contributed by atoms with Crippen molar-refractivity contribution in [2.45, 2.75) is 17.4 Å². The number of rotatable bonds is 5. The maximum absolute atomic E-state index is 10.8. The Labute approximate surface area is 147 Å². The van der Waals surface area contributed by atoms with E-state index < -0.39 is 4.92 Å². The summed E-state index contributed by atoms with van der Waals surface area (Å²) in [5.41, 5.74) is 1.46. The van der Waals surface area contributed by atoms with Crippen LogP contribution >= 0.6 is 23.4 Å². The van der Waals surface area contributed by atoms with Gasteiger partial charge in [0.15, 0.2) is 0 Å². The van der Waals surface area contributed by atoms with Crippen LogP contribution in [-0.2, 0) is 0 Å². The average molecular weight is 362 g/mol. The van der Waals surface area contributed by atoms with Gasteiger partial charge in [0.05, 0.1) is 4.92 Å². The van der Waals surface area contributed by atoms with E-state index in [4.69, 9.17) is 16.0 Å². The van der Waals surface area contributed by atoms with Gasteiger partial charge in [0.2, 0.25) is 5.89 Å². The van der Waals surface area contributed by atoms with Gasteiger partial charge in [-0.2, -0.15) is 0 Å². The zero-order valence-electron chi connectivity index (χ0n) is 12.5. The number of nitro benzene ring substituents is 1. The van der Waals surface area contributed by atoms with Crippen LogP contribution in [0.3, 0.4) is 0 Å². The van der Waals surface area contributed by atoms with Crippen molar-refractivity contribution in [1.29, 1.82) is 0 Å². The molecule has 0 saturated heterocycles. The molecule has 0 amide bonds. The third kappa shape index (κ3) is 3.58. The molecule has 3 rings (SSSR count). The van der Waals surface area contributed by atoms with Gasteiger partial charge in [-0.25, -0.2) is 0 Å². The number of non-ortho nitro benzene ring substituents is 1. The highest BCUT2D eigenvalue weighted by molar-refractivity contribution is 7.99. The molecule has 24 heavy (non-hydrogen) atoms. The van der Waals surface area contributed by atoms with Gasteiger partial charge in [-0.15, -0.1) is 10.2 Å². The molecule has 0 bridgehead atoms. The van der Waals surface area contributed by atoms with E-state index in [1.54, 1.807) is 12.1 Å². The zero-order chi connectivity index (χ0) is 17.1. The van der Waals surface area contributed by atoms with E-state index in [0.717, 1.165) is 5.56 Å². The molecule has 1 heterocycles. The van der Waals surface area contributed by atoms with Crippen molar-refractivity contribution < 1.29 is 9.34 Å². The number of thioether (sulfide) groups is 1. The van der Waals surface area contributed by atoms with Crippen molar-refractivity contribution in [2.75, 3.05) is 0 Å². The Bertz CT molecular complexity index is 884. The van der Waals surface area contributed by atoms with Crippen LogP contribution in [-0.4, -0.2) is 15.1 Å². The number of hydrogen-bond acceptors (Lipinski definition) is 6. The first-order valence-corrected chi connectivity index (χ1v) is 8.30. The normalized spacial score (nSPS) is 12.1. The highest BCUT2D eigenvalue weighted by Gasteiger charge is 2.17. The molecule has 0 unspecified atom stereocenters. The van der Waals surface area contributed by atoms with Gasteiger partial charge in [-0.05, 0) is 24.6 Å². The molecule has 0 saturated carbocycles. The third-order valence-electron chi connectivity index (χ3n) is 3.33. The van der Waals surface area contributed by atoms with Crippen LogP contribution in [0, 0.1) is 10.1 Å². The van der Waals surface area contributed by atoms with Crippen LogP contribution in [0.25, 0.3) is 11.5 Å². The first-order valence-electron chi connectivity index (χ1n) is 7.04. The minimum atomic E-state index is -0.463. The van der Waals surface area contributed by atoms with Crippen molar-refractivity contribution in [2.24, 2.45) is 0 Å². The molecule has 8 heteroatoms. The minimum Gasteiger partial charge on any atom is -0.411 e. The van der Waals surface area contributed by atoms with E-state index in [2.05, 4.69) is 10.2 Å². The summed E-state index contributed by atoms with van der Waals surface area (Å²) < 4.78 is 5.61. The molecule has 1 atom stereocenters. The lowest BCUT2D eigenvalue weighted by molar-refractivity contribution is -0.384. The van der Waals surface area contributed by atoms with Crippen molar-refractivity contribution in [1.82, 2.24) is 10.2 Å². The molecule has 0 fully saturated rings. The highest BCUT2D eigenvalue weighted by Crippen LogP contribution is 2.38. The summed E-state index contributed by atoms with van der Waals surface area (Å²) in [6.07, 6.45) is 0. The third-order valence-corrected chi connectivity index (χ3v) is 4.65. The van der Waals surface area contributed by atoms with Gasteiger partial charge in [-0.3, -0.25) is 10.1 Å². The van der Waals surface area contributed by atoms with Crippen molar-refractivity contribution in [3.8, 4) is 11.5 Å². The standard InChI is InChI=1S/C16H12ClN3O3S/c1-10(13-7-2-3-8-14(13)17)24-16-19-18-15(23-16)11-5-4-6-12(9-11)20(21)22/h2-10H,1H3/t10-/m1/s1. The van der Waals surface area contributed by atoms with Crippen LogP contribution in [0.2, 0.25) is 5.02 Å². The first-order chi connectivity index (χ1) is 11.5. The minimum absolute atomic E-state index is 0.0238. The molecule has 1 aromatic heterocycles. The lowest BCUT2D eigenvalue weighted by Gasteiger charge is -2.10. The monoisotopic (exact) mass is 361 g/mol. The van der Waals surface area contributed by atoms with Gasteiger partial charge < -0.3 is 4.42 Å². The van der Waals surface area contributed by atoms with E-state index in [1.807, 2.05) is 31.2 Å². The Morgan fingerprint density at radius 1 is 1.21 bits per heavy atom. The summed E-state index contributed by atoms with van der Waals surface area (Å²) in [6.45, 7) is 1.99. The molecular formula is C16H12ClN3O3S. The fourth-order valence-electron chi connectivity index (χ4n) is 2.15. The average Bonchev–Trinajstić information content (AvgIpc) is 3.04. The number of aromatic nitrogens is 2. The summed E-state index contributed by atoms with van der Waals surface area (Å²) in [6, 6.07) is 13.6. The summed E-state index contributed by atoms with van der Waals surface area (Å²) >= 11 is 7.57. The molecule has 6 nitrogen and oxygen atoms in total. The van der Waals surface area contributed by atoms with Crippen molar-refractivity contribution in [3.05, 3.63) is 69.2 Å². The lowest BCUT2D eigenvalue weighted by Crippen LogP contribution is -1.89. The summed E-state index contributed by atoms with van der Waals surface area (Å²) in [7, 11) is 0. The second kappa shape index (κ2) is 7.02. The molecule has 122 valence electrons. The molecule has 0 radical (unpaired) electrons. The highest BCUT2D eigenvalue weighted by atomic mass is 35.5. The molecule has 0 spiro atoms. The molecule has 0 aliphatic heterocycles. The summed E-state index contributed by atoms with van der Waals surface area (Å²) in [4.78, 5) is 10.4. The molecule has 0 N–H and O–H groups in total. The van der Waals surface area contributed by atoms with Gasteiger partial charge >= 0.3 is 0 Å². The topological polar surface area (TPSA) is 82.1 Å². The molecule has 0 aliphatic rings. The van der Waals surface area contributed by atoms with Crippen LogP contribution < -0.4 is 0 Å². The van der Waals surface area contributed by atoms with E-state index in [-0.39, 0.29) is 16.8 Å². The predicted octanol–water partition coefficient (Wildman–Crippen LogP) is 5.15. The van der Waals surface area contributed by atoms with E-state index in [0.29, 0.717) is 15.8 Å². The smallest absolute Gasteiger partial charge is 0.277 e. The van der Waals surface area contributed by atoms with Gasteiger partial charge in [0, 0.05) is 28.0 Å². The van der Waals surface area contributed by atoms with Gasteiger partial charge in [0.25, 0.3) is 10.9 Å². The Hall–Kier alpha value is -2.38. The maximum Gasteiger partial charge on any atom is 0.277 e. The van der Waals surface area contributed by atoms with Crippen LogP contribution in [0.4, 0.5) is 5.69 Å². The predicted molar refractivity (Wildman–Crippen MR) is 92.1 cm³/mol. The van der Waals surface area contributed by atoms with E-state index in [1.165, 1.54) is 23.9 Å². The quantitative estimate of drug-likeness (QED) is 0.355. The van der Waals surface area contributed by atoms with E-state index >= 15 is 0 Å². The van der Waals surface area contributed by atoms with Gasteiger partial charge in [0.1, 0.15) is 0 Å². The molecule has 2 aromatic carbocycles. The SMILES string of the molecule is C[C@@H](Sc1nnc(-c2cccc([N+](=O)[O-])c2)o1)c1ccccc1Cl. The summed E-state index contributed by atoms with van der Waals surface area (Å²) in [5.74, 6) is 0.243. The first kappa shape index (κ1) is 16.5. The summed E-state index contributed by atoms with van der Waals surface area (Å²) in [5, 5.41) is 19.9. The Morgan fingerprint density at radius 2 is 2.00 bits per heavy atom. The Morgan fingerprint density at radius 3 is 2.75 bits per heavy atom.